The number of nitrogens with one attached hydrogen (secondary N) is 1. The van der Waals surface area contributed by atoms with Crippen LogP contribution in [0.3, 0.4) is 0 Å². The number of esters is 1. The Hall–Kier alpha value is -9.14. The first-order valence-electron chi connectivity index (χ1n) is 30.8. The predicted octanol–water partition coefficient (Wildman–Crippen LogP) is 7.01. The van der Waals surface area contributed by atoms with Gasteiger partial charge in [-0.25, -0.2) is 13.2 Å². The number of cyclic esters (lactones) is 1. The fourth-order valence-electron chi connectivity index (χ4n) is 14.2. The Kier molecular flexibility index (Phi) is 15.6. The smallest absolute Gasteiger partial charge is 0.461 e. The Morgan fingerprint density at radius 2 is 1.83 bits per heavy atom. The van der Waals surface area contributed by atoms with Gasteiger partial charge >= 0.3 is 309 Å². The first kappa shape index (κ1) is 62.0. The number of hydrogen-bond acceptors (Lipinski definition) is 18. The first-order chi connectivity index (χ1) is 45.8. The van der Waals surface area contributed by atoms with Crippen molar-refractivity contribution in [3.8, 4) is 46.1 Å². The number of halogens is 5. The minimum absolute atomic E-state index is 0.0141. The van der Waals surface area contributed by atoms with Crippen molar-refractivity contribution in [1.82, 2.24) is 29.3 Å². The minimum Gasteiger partial charge on any atom is -0.461 e. The summed E-state index contributed by atoms with van der Waals surface area (Å²) in [5, 5.41) is 25.5. The number of nitrogen functional groups attached to an aromatic ring is 1. The molecule has 0 saturated carbocycles. The van der Waals surface area contributed by atoms with Gasteiger partial charge in [0.15, 0.2) is 5.82 Å². The van der Waals surface area contributed by atoms with Gasteiger partial charge in [0, 0.05) is 55.0 Å². The molecule has 4 aromatic heterocycles. The number of rotatable bonds is 13. The van der Waals surface area contributed by atoms with Gasteiger partial charge in [0.25, 0.3) is 0 Å². The molecular weight excluding hydrogens is 1380 g/mol. The van der Waals surface area contributed by atoms with Crippen molar-refractivity contribution in [3.05, 3.63) is 149 Å². The quantitative estimate of drug-likeness (QED) is 0.0454. The minimum atomic E-state index is -1.98. The van der Waals surface area contributed by atoms with E-state index in [0.29, 0.717) is 47.1 Å². The first-order valence-corrected chi connectivity index (χ1v) is 34.2. The van der Waals surface area contributed by atoms with Gasteiger partial charge in [0.2, 0.25) is 0 Å². The maximum atomic E-state index is 17.5. The van der Waals surface area contributed by atoms with Crippen LogP contribution in [0.5, 0.6) is 17.5 Å². The van der Waals surface area contributed by atoms with Gasteiger partial charge in [0.05, 0.1) is 20.8 Å². The van der Waals surface area contributed by atoms with Crippen molar-refractivity contribution in [2.75, 3.05) is 68.7 Å². The molecule has 4 atom stereocenters. The van der Waals surface area contributed by atoms with Crippen LogP contribution in [0, 0.1) is 23.0 Å². The zero-order valence-electron chi connectivity index (χ0n) is 51.1. The van der Waals surface area contributed by atoms with E-state index in [0.717, 1.165) is 58.0 Å². The van der Waals surface area contributed by atoms with E-state index in [1.165, 1.54) is 12.1 Å². The molecule has 7 aliphatic rings. The summed E-state index contributed by atoms with van der Waals surface area (Å²) in [5.41, 5.74) is 9.15. The number of fused-ring (bicyclic) bond motifs is 9. The van der Waals surface area contributed by atoms with Crippen LogP contribution in [0.25, 0.3) is 60.0 Å². The third-order valence-corrected chi connectivity index (χ3v) is 22.4. The molecule has 4 N–H and O–H groups in total. The molecule has 2 amide bonds. The number of aliphatic hydroxyl groups is 1. The summed E-state index contributed by atoms with van der Waals surface area (Å²) in [5.74, 6) is -1.38. The number of nitrogens with zero attached hydrogens (tertiary/aromatic N) is 9. The number of ether oxygens (including phenoxy) is 5. The number of carbonyl (C=O) groups excluding carboxylic acids is 3. The third-order valence-electron chi connectivity index (χ3n) is 19.0. The predicted molar refractivity (Wildman–Crippen MR) is 345 cm³/mol. The average Bonchev–Trinajstić information content (AvgIpc) is 1.62. The molecule has 21 nitrogen and oxygen atoms in total. The number of pyridine rings is 2. The van der Waals surface area contributed by atoms with Gasteiger partial charge < -0.3 is 20.3 Å². The Balaban J connectivity index is 0.613. The summed E-state index contributed by atoms with van der Waals surface area (Å²) in [6.07, 6.45) is 6.18. The van der Waals surface area contributed by atoms with E-state index in [4.69, 9.17) is 51.0 Å². The van der Waals surface area contributed by atoms with Crippen molar-refractivity contribution in [2.24, 2.45) is 0 Å². The molecule has 8 aromatic rings. The molecule has 0 unspecified atom stereocenters. The molecule has 4 aromatic carbocycles. The van der Waals surface area contributed by atoms with E-state index in [-0.39, 0.29) is 147 Å². The van der Waals surface area contributed by atoms with Crippen LogP contribution in [-0.4, -0.2) is 132 Å². The number of thiophene rings is 1. The summed E-state index contributed by atoms with van der Waals surface area (Å²) in [7, 11) is 0. The fourth-order valence-corrected chi connectivity index (χ4v) is 17.4. The number of allylic oxidation sites excluding steroid dienone is 3. The Morgan fingerprint density at radius 1 is 1.02 bits per heavy atom. The standard InChI is InChI=1S/C68H58ClF3IN11O10S/c1-4-68(89)46-22-50-57-44(29-84(50)63(86)45(46)31-90-64(68)87)53(41-21-51-52(94-33-93-51)23-49(41)77-57)37-12-15-73-82(17-13-37)27-36-6-8-39(9-7-36)76-66(88)91-30-34(2)62(85)80-18-19-83(35(3)26-80)61-42-20-47(69)55(40-10-11-48(71)59-54(40)43(25-74)60(75)95-59)56(72)58(42)78-65(79-61)92-32-67-14-5-16-81(67)28-38(70)24-67/h6-13,15,17,20-23,35,38,89H,2,4-5,14,16,18-19,24,26-33,75H2,1,3H3,(H,76,88)/t35-,38+,67-,68-/m0/s1. The molecule has 7 aliphatic heterocycles. The zero-order chi connectivity index (χ0) is 65.9. The van der Waals surface area contributed by atoms with Crippen molar-refractivity contribution in [1.29, 1.82) is 5.26 Å². The van der Waals surface area contributed by atoms with E-state index in [9.17, 15) is 33.9 Å². The Bertz CT molecular complexity index is 4910. The van der Waals surface area contributed by atoms with Crippen LogP contribution in [-0.2, 0) is 44.4 Å². The van der Waals surface area contributed by atoms with Gasteiger partial charge in [-0.2, -0.15) is 15.2 Å². The second-order valence-corrected chi connectivity index (χ2v) is 28.5. The number of piperazine rings is 1. The molecule has 0 spiro atoms. The SMILES string of the molecule is C=C(COC(=O)Nc1ccc(C[N+]2=CC=C(c3c4c(nc5cc6c(cc35)OCO6)-c3cc5c(c(=O)n3C4)COC(=O)[C@]5(O)CC)C=C[I-]2)cc1)C(=O)N1CCN(c2nc(OC[C@@]34CCCN3C[C@H](F)C4)nc3c(F)c(-c4ccc(F)c5sc(N)c(C#N)c45)c(Cl)cc23)[C@@H](C)C1. The topological polar surface area (TPSA) is 253 Å². The molecule has 486 valence electrons. The van der Waals surface area contributed by atoms with Crippen LogP contribution >= 0.6 is 22.9 Å². The normalized spacial score (nSPS) is 21.1. The molecule has 15 rings (SSSR count). The molecular formula is C68H58ClF3IN11O10S. The number of aromatic nitrogens is 4. The zero-order valence-corrected chi connectivity index (χ0v) is 54.8. The summed E-state index contributed by atoms with van der Waals surface area (Å²) < 4.78 is 82.4. The van der Waals surface area contributed by atoms with Crippen LogP contribution < -0.4 is 57.2 Å². The second kappa shape index (κ2) is 23.9. The Morgan fingerprint density at radius 3 is 2.62 bits per heavy atom. The van der Waals surface area contributed by atoms with Gasteiger partial charge in [-0.1, -0.05) is 17.7 Å². The molecule has 3 saturated heterocycles. The number of hydrogen-bond donors (Lipinski definition) is 3. The van der Waals surface area contributed by atoms with Crippen molar-refractivity contribution in [2.45, 2.75) is 82.6 Å². The molecule has 27 heteroatoms. The van der Waals surface area contributed by atoms with Crippen molar-refractivity contribution in [3.63, 3.8) is 0 Å². The molecule has 0 radical (unpaired) electrons. The van der Waals surface area contributed by atoms with Gasteiger partial charge in [-0.15, -0.1) is 11.3 Å². The number of carbonyl (C=O) groups is 3. The van der Waals surface area contributed by atoms with Gasteiger partial charge in [-0.3, -0.25) is 9.69 Å². The van der Waals surface area contributed by atoms with E-state index in [2.05, 4.69) is 34.7 Å². The number of anilines is 3. The van der Waals surface area contributed by atoms with Crippen LogP contribution in [0.1, 0.15) is 72.9 Å². The van der Waals surface area contributed by atoms with Crippen LogP contribution in [0.2, 0.25) is 5.02 Å². The molecule has 0 bridgehead atoms. The number of amides is 2. The van der Waals surface area contributed by atoms with E-state index in [1.54, 1.807) is 34.6 Å². The van der Waals surface area contributed by atoms with E-state index >= 15 is 8.78 Å². The molecule has 11 heterocycles. The summed E-state index contributed by atoms with van der Waals surface area (Å²) >= 11 is 7.19. The van der Waals surface area contributed by atoms with E-state index < -0.39 is 81.0 Å². The monoisotopic (exact) mass is 1440 g/mol. The Labute approximate surface area is 559 Å². The van der Waals surface area contributed by atoms with E-state index in [1.807, 2.05) is 54.4 Å². The summed E-state index contributed by atoms with van der Waals surface area (Å²) in [6.45, 7) is 9.23. The molecule has 95 heavy (non-hydrogen) atoms. The van der Waals surface area contributed by atoms with Crippen LogP contribution in [0.15, 0.2) is 93.8 Å². The maximum absolute atomic E-state index is 17.5. The number of benzene rings is 4. The van der Waals surface area contributed by atoms with Gasteiger partial charge in [0.1, 0.15) is 41.0 Å². The number of alkyl halides is 1. The average molecular weight is 1440 g/mol. The molecule has 3 fully saturated rings. The third kappa shape index (κ3) is 10.6. The van der Waals surface area contributed by atoms with Crippen LogP contribution in [0.4, 0.5) is 34.5 Å². The summed E-state index contributed by atoms with van der Waals surface area (Å²) in [4.78, 5) is 74.4. The second-order valence-electron chi connectivity index (χ2n) is 24.5. The van der Waals surface area contributed by atoms with Gasteiger partial charge in [-0.05, 0) is 44.0 Å². The summed E-state index contributed by atoms with van der Waals surface area (Å²) in [6, 6.07) is 18.2. The number of nitriles is 1. The van der Waals surface area contributed by atoms with Crippen molar-refractivity contribution >= 4 is 101 Å². The number of nitrogens with two attached hydrogens (primary N) is 1. The molecule has 0 aliphatic carbocycles. The fraction of sp³-hybridized carbons (Fsp3) is 0.309. The van der Waals surface area contributed by atoms with Crippen molar-refractivity contribution < 1.29 is 80.6 Å².